The molecular formula is C11H9NO2S. The molecule has 1 aromatic carbocycles. The highest BCUT2D eigenvalue weighted by atomic mass is 32.1. The maximum atomic E-state index is 10.2. The van der Waals surface area contributed by atoms with Gasteiger partial charge in [0.25, 0.3) is 6.47 Å². The molecule has 0 atom stereocenters. The molecular weight excluding hydrogens is 210 g/mol. The van der Waals surface area contributed by atoms with Crippen LogP contribution in [0.15, 0.2) is 36.4 Å². The van der Waals surface area contributed by atoms with Gasteiger partial charge in [-0.05, 0) is 5.56 Å². The fraction of sp³-hybridized carbons (Fsp3) is 0. The van der Waals surface area contributed by atoms with Gasteiger partial charge in [0.15, 0.2) is 5.75 Å². The van der Waals surface area contributed by atoms with Crippen molar-refractivity contribution in [3.05, 3.63) is 36.4 Å². The van der Waals surface area contributed by atoms with Crippen LogP contribution in [0.1, 0.15) is 0 Å². The lowest BCUT2D eigenvalue weighted by atomic mass is 10.2. The number of hydrogen-bond acceptors (Lipinski definition) is 4. The Morgan fingerprint density at radius 3 is 2.67 bits per heavy atom. The van der Waals surface area contributed by atoms with Crippen molar-refractivity contribution in [3.63, 3.8) is 0 Å². The molecule has 0 saturated carbocycles. The molecule has 0 radical (unpaired) electrons. The van der Waals surface area contributed by atoms with Gasteiger partial charge in [-0.15, -0.1) is 11.3 Å². The molecule has 0 spiro atoms. The van der Waals surface area contributed by atoms with Gasteiger partial charge in [-0.1, -0.05) is 30.3 Å². The average molecular weight is 219 g/mol. The monoisotopic (exact) mass is 219 g/mol. The molecule has 15 heavy (non-hydrogen) atoms. The topological polar surface area (TPSA) is 52.3 Å². The molecule has 0 bridgehead atoms. The zero-order valence-electron chi connectivity index (χ0n) is 7.84. The van der Waals surface area contributed by atoms with Gasteiger partial charge >= 0.3 is 0 Å². The number of carbonyl (C=O) groups excluding carboxylic acids is 1. The van der Waals surface area contributed by atoms with E-state index in [9.17, 15) is 4.79 Å². The van der Waals surface area contributed by atoms with Crippen LogP contribution in [0.3, 0.4) is 0 Å². The van der Waals surface area contributed by atoms with Gasteiger partial charge in [-0.2, -0.15) is 0 Å². The molecule has 0 unspecified atom stereocenters. The van der Waals surface area contributed by atoms with Crippen LogP contribution in [0.25, 0.3) is 10.4 Å². The predicted octanol–water partition coefficient (Wildman–Crippen LogP) is 2.53. The van der Waals surface area contributed by atoms with Crippen molar-refractivity contribution >= 4 is 22.8 Å². The normalized spacial score (nSPS) is 9.87. The minimum atomic E-state index is 0.382. The Balaban J connectivity index is 2.38. The summed E-state index contributed by atoms with van der Waals surface area (Å²) in [6, 6.07) is 11.6. The van der Waals surface area contributed by atoms with Crippen molar-refractivity contribution in [2.75, 3.05) is 5.73 Å². The molecule has 1 aromatic heterocycles. The van der Waals surface area contributed by atoms with E-state index in [4.69, 9.17) is 10.5 Å². The smallest absolute Gasteiger partial charge is 0.298 e. The summed E-state index contributed by atoms with van der Waals surface area (Å²) in [5.41, 5.74) is 6.76. The first-order valence-electron chi connectivity index (χ1n) is 4.36. The molecule has 2 N–H and O–H groups in total. The summed E-state index contributed by atoms with van der Waals surface area (Å²) in [6.07, 6.45) is 0. The number of benzene rings is 1. The summed E-state index contributed by atoms with van der Waals surface area (Å²) in [5.74, 6) is 0.425. The fourth-order valence-electron chi connectivity index (χ4n) is 1.28. The minimum Gasteiger partial charge on any atom is -0.426 e. The van der Waals surface area contributed by atoms with Crippen molar-refractivity contribution in [2.45, 2.75) is 0 Å². The van der Waals surface area contributed by atoms with E-state index in [0.717, 1.165) is 10.4 Å². The Bertz CT molecular complexity index is 465. The zero-order valence-corrected chi connectivity index (χ0v) is 8.66. The third-order valence-electron chi connectivity index (χ3n) is 1.96. The van der Waals surface area contributed by atoms with E-state index in [2.05, 4.69) is 0 Å². The number of thiophene rings is 1. The predicted molar refractivity (Wildman–Crippen MR) is 60.9 cm³/mol. The Morgan fingerprint density at radius 2 is 2.00 bits per heavy atom. The fourth-order valence-corrected chi connectivity index (χ4v) is 2.14. The van der Waals surface area contributed by atoms with Gasteiger partial charge in [0.1, 0.15) is 5.00 Å². The number of nitrogen functional groups attached to an aromatic ring is 1. The zero-order chi connectivity index (χ0) is 10.7. The van der Waals surface area contributed by atoms with Crippen LogP contribution in [0, 0.1) is 0 Å². The second-order valence-corrected chi connectivity index (χ2v) is 4.00. The Labute approximate surface area is 91.1 Å². The van der Waals surface area contributed by atoms with Crippen molar-refractivity contribution in [3.8, 4) is 16.2 Å². The summed E-state index contributed by atoms with van der Waals surface area (Å²) >= 11 is 1.40. The molecule has 2 rings (SSSR count). The maximum absolute atomic E-state index is 10.2. The third kappa shape index (κ3) is 1.99. The van der Waals surface area contributed by atoms with E-state index < -0.39 is 0 Å². The van der Waals surface area contributed by atoms with E-state index in [0.29, 0.717) is 17.2 Å². The Morgan fingerprint density at radius 1 is 1.27 bits per heavy atom. The van der Waals surface area contributed by atoms with Crippen molar-refractivity contribution in [2.24, 2.45) is 0 Å². The molecule has 3 nitrogen and oxygen atoms in total. The number of rotatable bonds is 3. The molecule has 4 heteroatoms. The van der Waals surface area contributed by atoms with Crippen molar-refractivity contribution < 1.29 is 9.53 Å². The highest BCUT2D eigenvalue weighted by Crippen LogP contribution is 2.37. The summed E-state index contributed by atoms with van der Waals surface area (Å²) in [4.78, 5) is 11.2. The second kappa shape index (κ2) is 4.14. The second-order valence-electron chi connectivity index (χ2n) is 2.92. The highest BCUT2D eigenvalue weighted by Gasteiger charge is 2.08. The van der Waals surface area contributed by atoms with Crippen LogP contribution >= 0.6 is 11.3 Å². The largest absolute Gasteiger partial charge is 0.426 e. The summed E-state index contributed by atoms with van der Waals surface area (Å²) < 4.78 is 4.74. The lowest BCUT2D eigenvalue weighted by Gasteiger charge is -1.93. The molecule has 0 fully saturated rings. The SMILES string of the molecule is Nc1sc(-c2ccccc2)cc1OC=O. The van der Waals surface area contributed by atoms with Crippen LogP contribution in [-0.4, -0.2) is 6.47 Å². The molecule has 0 aliphatic rings. The van der Waals surface area contributed by atoms with E-state index in [1.54, 1.807) is 6.07 Å². The van der Waals surface area contributed by atoms with Gasteiger partial charge in [-0.3, -0.25) is 4.79 Å². The summed E-state index contributed by atoms with van der Waals surface area (Å²) in [5, 5.41) is 0.515. The molecule has 1 heterocycles. The first-order chi connectivity index (χ1) is 7.31. The van der Waals surface area contributed by atoms with E-state index in [1.807, 2.05) is 30.3 Å². The van der Waals surface area contributed by atoms with Crippen molar-refractivity contribution in [1.82, 2.24) is 0 Å². The van der Waals surface area contributed by atoms with Crippen LogP contribution in [-0.2, 0) is 4.79 Å². The number of ether oxygens (including phenoxy) is 1. The molecule has 76 valence electrons. The number of anilines is 1. The van der Waals surface area contributed by atoms with Crippen LogP contribution in [0.4, 0.5) is 5.00 Å². The molecule has 0 aliphatic heterocycles. The summed E-state index contributed by atoms with van der Waals surface area (Å²) in [7, 11) is 0. The Kier molecular flexibility index (Phi) is 2.69. The van der Waals surface area contributed by atoms with E-state index in [-0.39, 0.29) is 0 Å². The number of hydrogen-bond donors (Lipinski definition) is 1. The lowest BCUT2D eigenvalue weighted by molar-refractivity contribution is -0.120. The highest BCUT2D eigenvalue weighted by molar-refractivity contribution is 7.19. The van der Waals surface area contributed by atoms with Gasteiger partial charge < -0.3 is 10.5 Å². The standard InChI is InChI=1S/C11H9NO2S/c12-11-9(14-7-13)6-10(15-11)8-4-2-1-3-5-8/h1-7H,12H2. The lowest BCUT2D eigenvalue weighted by Crippen LogP contribution is -1.89. The first-order valence-corrected chi connectivity index (χ1v) is 5.18. The molecule has 0 aliphatic carbocycles. The molecule has 0 saturated heterocycles. The average Bonchev–Trinajstić information content (AvgIpc) is 2.63. The quantitative estimate of drug-likeness (QED) is 0.807. The first kappa shape index (κ1) is 9.73. The Hall–Kier alpha value is -1.81. The van der Waals surface area contributed by atoms with Crippen LogP contribution in [0.2, 0.25) is 0 Å². The van der Waals surface area contributed by atoms with Gasteiger partial charge in [0, 0.05) is 10.9 Å². The number of carbonyl (C=O) groups is 1. The van der Waals surface area contributed by atoms with E-state index in [1.165, 1.54) is 11.3 Å². The van der Waals surface area contributed by atoms with Gasteiger partial charge in [0.05, 0.1) is 0 Å². The molecule has 0 amide bonds. The van der Waals surface area contributed by atoms with Crippen LogP contribution < -0.4 is 10.5 Å². The van der Waals surface area contributed by atoms with Gasteiger partial charge in [0.2, 0.25) is 0 Å². The maximum Gasteiger partial charge on any atom is 0.298 e. The van der Waals surface area contributed by atoms with Crippen LogP contribution in [0.5, 0.6) is 5.75 Å². The van der Waals surface area contributed by atoms with Gasteiger partial charge in [-0.25, -0.2) is 0 Å². The summed E-state index contributed by atoms with van der Waals surface area (Å²) in [6.45, 7) is 0.382. The van der Waals surface area contributed by atoms with Crippen molar-refractivity contribution in [1.29, 1.82) is 0 Å². The van der Waals surface area contributed by atoms with E-state index >= 15 is 0 Å². The minimum absolute atomic E-state index is 0.382. The third-order valence-corrected chi connectivity index (χ3v) is 2.95. The molecule has 2 aromatic rings. The number of nitrogens with two attached hydrogens (primary N) is 1.